The van der Waals surface area contributed by atoms with E-state index in [1.54, 1.807) is 27.7 Å². The number of nitrogens with one attached hydrogen (secondary N) is 1. The van der Waals surface area contributed by atoms with Gasteiger partial charge < -0.3 is 0 Å². The van der Waals surface area contributed by atoms with Crippen molar-refractivity contribution in [1.29, 1.82) is 0 Å². The number of hydrogen-bond donors (Lipinski definition) is 1. The molecule has 10 heteroatoms. The van der Waals surface area contributed by atoms with E-state index in [1.165, 1.54) is 29.3 Å². The lowest BCUT2D eigenvalue weighted by molar-refractivity contribution is -0.384. The second kappa shape index (κ2) is 6.93. The molecule has 2 rings (SSSR count). The number of rotatable bonds is 3. The first-order valence-corrected chi connectivity index (χ1v) is 8.07. The lowest BCUT2D eigenvalue weighted by Crippen LogP contribution is -2.55. The summed E-state index contributed by atoms with van der Waals surface area (Å²) in [4.78, 5) is 35.6. The van der Waals surface area contributed by atoms with Crippen LogP contribution < -0.4 is 5.43 Å². The molecule has 25 heavy (non-hydrogen) atoms. The van der Waals surface area contributed by atoms with Crippen molar-refractivity contribution in [3.63, 3.8) is 0 Å². The van der Waals surface area contributed by atoms with Gasteiger partial charge in [-0.25, -0.2) is 5.01 Å². The van der Waals surface area contributed by atoms with E-state index in [9.17, 15) is 19.7 Å². The van der Waals surface area contributed by atoms with E-state index in [4.69, 9.17) is 0 Å². The van der Waals surface area contributed by atoms with E-state index in [1.807, 2.05) is 0 Å². The molecule has 0 spiro atoms. The van der Waals surface area contributed by atoms with Crippen molar-refractivity contribution < 1.29 is 14.5 Å². The van der Waals surface area contributed by atoms with Gasteiger partial charge in [0.25, 0.3) is 17.5 Å². The fourth-order valence-electron chi connectivity index (χ4n) is 1.95. The third-order valence-corrected chi connectivity index (χ3v) is 4.09. The highest BCUT2D eigenvalue weighted by molar-refractivity contribution is 7.07. The highest BCUT2D eigenvalue weighted by Crippen LogP contribution is 2.19. The SMILES string of the molecule is Cc1nnsc1C(=O)N(NC(=O)c1ccc([N+](=O)[O-])cc1)C(C)(C)C. The molecule has 0 fully saturated rings. The molecule has 0 unspecified atom stereocenters. The van der Waals surface area contributed by atoms with E-state index < -0.39 is 22.3 Å². The largest absolute Gasteiger partial charge is 0.286 e. The van der Waals surface area contributed by atoms with Gasteiger partial charge in [-0.2, -0.15) is 0 Å². The normalized spacial score (nSPS) is 11.0. The Balaban J connectivity index is 2.25. The molecule has 1 aromatic carbocycles. The van der Waals surface area contributed by atoms with Crippen LogP contribution in [0.2, 0.25) is 0 Å². The first kappa shape index (κ1) is 18.5. The molecule has 2 amide bonds. The number of non-ortho nitro benzene ring substituents is 1. The minimum absolute atomic E-state index is 0.119. The summed E-state index contributed by atoms with van der Waals surface area (Å²) in [5, 5.41) is 15.7. The maximum atomic E-state index is 12.7. The first-order chi connectivity index (χ1) is 11.6. The molecule has 0 radical (unpaired) electrons. The van der Waals surface area contributed by atoms with Crippen LogP contribution in [0, 0.1) is 17.0 Å². The minimum Gasteiger partial charge on any atom is -0.267 e. The summed E-state index contributed by atoms with van der Waals surface area (Å²) < 4.78 is 3.74. The zero-order valence-corrected chi connectivity index (χ0v) is 15.0. The quantitative estimate of drug-likeness (QED) is 0.660. The van der Waals surface area contributed by atoms with Crippen molar-refractivity contribution in [2.45, 2.75) is 33.2 Å². The van der Waals surface area contributed by atoms with Crippen LogP contribution in [0.1, 0.15) is 46.5 Å². The summed E-state index contributed by atoms with van der Waals surface area (Å²) in [7, 11) is 0. The first-order valence-electron chi connectivity index (χ1n) is 7.30. The molecule has 0 aliphatic rings. The van der Waals surface area contributed by atoms with Crippen LogP contribution in [-0.2, 0) is 0 Å². The van der Waals surface area contributed by atoms with Crippen molar-refractivity contribution >= 4 is 29.0 Å². The van der Waals surface area contributed by atoms with E-state index >= 15 is 0 Å². The average molecular weight is 363 g/mol. The Morgan fingerprint density at radius 2 is 1.84 bits per heavy atom. The Morgan fingerprint density at radius 3 is 2.28 bits per heavy atom. The van der Waals surface area contributed by atoms with Gasteiger partial charge in [0.2, 0.25) is 0 Å². The number of hydrogen-bond acceptors (Lipinski definition) is 7. The second-order valence-corrected chi connectivity index (χ2v) is 7.00. The number of aryl methyl sites for hydroxylation is 1. The molecule has 132 valence electrons. The maximum absolute atomic E-state index is 12.7. The summed E-state index contributed by atoms with van der Waals surface area (Å²) in [5.41, 5.74) is 2.42. The lowest BCUT2D eigenvalue weighted by atomic mass is 10.1. The van der Waals surface area contributed by atoms with Gasteiger partial charge >= 0.3 is 0 Å². The van der Waals surface area contributed by atoms with Crippen LogP contribution in [0.5, 0.6) is 0 Å². The number of carbonyl (C=O) groups excluding carboxylic acids is 2. The molecule has 0 aliphatic carbocycles. The van der Waals surface area contributed by atoms with Crippen LogP contribution in [0.3, 0.4) is 0 Å². The van der Waals surface area contributed by atoms with E-state index in [2.05, 4.69) is 15.0 Å². The Morgan fingerprint density at radius 1 is 1.24 bits per heavy atom. The Labute approximate surface area is 147 Å². The van der Waals surface area contributed by atoms with Gasteiger partial charge in [0.15, 0.2) is 0 Å². The molecule has 1 N–H and O–H groups in total. The van der Waals surface area contributed by atoms with Crippen LogP contribution in [-0.4, -0.2) is 36.9 Å². The standard InChI is InChI=1S/C15H17N5O4S/c1-9-12(25-18-16-9)14(22)19(15(2,3)4)17-13(21)10-5-7-11(8-6-10)20(23)24/h5-8H,1-4H3,(H,17,21). The van der Waals surface area contributed by atoms with Crippen LogP contribution >= 0.6 is 11.5 Å². The van der Waals surface area contributed by atoms with E-state index in [-0.39, 0.29) is 11.3 Å². The van der Waals surface area contributed by atoms with Gasteiger partial charge in [-0.15, -0.1) is 5.10 Å². The number of aromatic nitrogens is 2. The molecular formula is C15H17N5O4S. The molecule has 1 heterocycles. The van der Waals surface area contributed by atoms with Crippen LogP contribution in [0.15, 0.2) is 24.3 Å². The third kappa shape index (κ3) is 4.15. The number of nitro benzene ring substituents is 1. The van der Waals surface area contributed by atoms with Gasteiger partial charge in [0.05, 0.1) is 16.2 Å². The molecule has 0 atom stereocenters. The monoisotopic (exact) mass is 363 g/mol. The van der Waals surface area contributed by atoms with Gasteiger partial charge in [-0.05, 0) is 51.4 Å². The Bertz CT molecular complexity index is 810. The highest BCUT2D eigenvalue weighted by atomic mass is 32.1. The van der Waals surface area contributed by atoms with E-state index in [0.717, 1.165) is 11.5 Å². The molecule has 2 aromatic rings. The van der Waals surface area contributed by atoms with Gasteiger partial charge in [-0.3, -0.25) is 25.1 Å². The maximum Gasteiger partial charge on any atom is 0.286 e. The van der Waals surface area contributed by atoms with Crippen molar-refractivity contribution in [2.24, 2.45) is 0 Å². The predicted octanol–water partition coefficient (Wildman–Crippen LogP) is 2.34. The molecule has 0 aliphatic heterocycles. The smallest absolute Gasteiger partial charge is 0.267 e. The lowest BCUT2D eigenvalue weighted by Gasteiger charge is -2.35. The average Bonchev–Trinajstić information content (AvgIpc) is 2.96. The highest BCUT2D eigenvalue weighted by Gasteiger charge is 2.31. The second-order valence-electron chi connectivity index (χ2n) is 6.24. The number of carbonyl (C=O) groups is 2. The van der Waals surface area contributed by atoms with Gasteiger partial charge in [0.1, 0.15) is 4.88 Å². The fraction of sp³-hybridized carbons (Fsp3) is 0.333. The number of hydrazine groups is 1. The number of nitrogens with zero attached hydrogens (tertiary/aromatic N) is 4. The van der Waals surface area contributed by atoms with Crippen molar-refractivity contribution in [3.8, 4) is 0 Å². The minimum atomic E-state index is -0.704. The van der Waals surface area contributed by atoms with Gasteiger partial charge in [0, 0.05) is 17.7 Å². The summed E-state index contributed by atoms with van der Waals surface area (Å²) in [6.07, 6.45) is 0. The molecule has 0 saturated heterocycles. The fourth-order valence-corrected chi connectivity index (χ4v) is 2.54. The number of benzene rings is 1. The van der Waals surface area contributed by atoms with Crippen molar-refractivity contribution in [3.05, 3.63) is 50.5 Å². The molecule has 0 bridgehead atoms. The van der Waals surface area contributed by atoms with Crippen LogP contribution in [0.4, 0.5) is 5.69 Å². The molecule has 9 nitrogen and oxygen atoms in total. The van der Waals surface area contributed by atoms with Gasteiger partial charge in [-0.1, -0.05) is 4.49 Å². The zero-order valence-electron chi connectivity index (χ0n) is 14.1. The third-order valence-electron chi connectivity index (χ3n) is 3.27. The number of amides is 2. The molecular weight excluding hydrogens is 346 g/mol. The number of nitro groups is 1. The topological polar surface area (TPSA) is 118 Å². The summed E-state index contributed by atoms with van der Waals surface area (Å²) in [6.45, 7) is 6.97. The Kier molecular flexibility index (Phi) is 5.12. The van der Waals surface area contributed by atoms with Crippen molar-refractivity contribution in [2.75, 3.05) is 0 Å². The van der Waals surface area contributed by atoms with Crippen molar-refractivity contribution in [1.82, 2.24) is 20.0 Å². The molecule has 0 saturated carbocycles. The molecule has 1 aromatic heterocycles. The summed E-state index contributed by atoms with van der Waals surface area (Å²) in [5.74, 6) is -0.969. The zero-order chi connectivity index (χ0) is 18.8. The summed E-state index contributed by atoms with van der Waals surface area (Å²) in [6, 6.07) is 5.13. The summed E-state index contributed by atoms with van der Waals surface area (Å²) >= 11 is 0.952. The van der Waals surface area contributed by atoms with Crippen LogP contribution in [0.25, 0.3) is 0 Å². The predicted molar refractivity (Wildman–Crippen MR) is 91.1 cm³/mol. The van der Waals surface area contributed by atoms with E-state index in [0.29, 0.717) is 10.6 Å². The Hall–Kier alpha value is -2.88.